The minimum Gasteiger partial charge on any atom is -0.497 e. The first-order valence-corrected chi connectivity index (χ1v) is 13.1. The standard InChI is InChI=1S/C26H27N3O7S/c1-18-5-11-21(12-6-18)37(33,34)24(27-23(30)22-4-3-17-36-22)26(32)29-15-13-28(14-16-29)25(31)19-7-9-20(35-2)10-8-19/h3-12,17,24H,13-16H2,1-2H3,(H,27,30). The largest absolute Gasteiger partial charge is 0.497 e. The Morgan fingerprint density at radius 2 is 1.54 bits per heavy atom. The van der Waals surface area contributed by atoms with Crippen molar-refractivity contribution in [1.29, 1.82) is 0 Å². The Kier molecular flexibility index (Phi) is 7.63. The minimum atomic E-state index is -4.29. The third kappa shape index (κ3) is 5.67. The van der Waals surface area contributed by atoms with Crippen molar-refractivity contribution in [2.75, 3.05) is 33.3 Å². The lowest BCUT2D eigenvalue weighted by molar-refractivity contribution is -0.132. The van der Waals surface area contributed by atoms with Crippen LogP contribution < -0.4 is 10.1 Å². The lowest BCUT2D eigenvalue weighted by Gasteiger charge is -2.36. The van der Waals surface area contributed by atoms with E-state index in [2.05, 4.69) is 5.32 Å². The van der Waals surface area contributed by atoms with Crippen LogP contribution in [-0.4, -0.2) is 74.6 Å². The second kappa shape index (κ2) is 10.9. The normalized spacial score (nSPS) is 14.6. The highest BCUT2D eigenvalue weighted by Crippen LogP contribution is 2.20. The Morgan fingerprint density at radius 3 is 2.11 bits per heavy atom. The van der Waals surface area contributed by atoms with E-state index in [4.69, 9.17) is 9.15 Å². The van der Waals surface area contributed by atoms with Crippen molar-refractivity contribution in [3.8, 4) is 5.75 Å². The first-order chi connectivity index (χ1) is 17.7. The summed E-state index contributed by atoms with van der Waals surface area (Å²) in [7, 11) is -2.75. The molecule has 1 N–H and O–H groups in total. The summed E-state index contributed by atoms with van der Waals surface area (Å²) in [6.07, 6.45) is 1.28. The van der Waals surface area contributed by atoms with E-state index >= 15 is 0 Å². The number of benzene rings is 2. The van der Waals surface area contributed by atoms with Gasteiger partial charge in [-0.3, -0.25) is 14.4 Å². The molecule has 194 valence electrons. The molecule has 1 aliphatic heterocycles. The highest BCUT2D eigenvalue weighted by molar-refractivity contribution is 7.92. The summed E-state index contributed by atoms with van der Waals surface area (Å²) >= 11 is 0. The van der Waals surface area contributed by atoms with E-state index < -0.39 is 27.0 Å². The Labute approximate surface area is 214 Å². The molecule has 11 heteroatoms. The summed E-state index contributed by atoms with van der Waals surface area (Å²) in [5, 5.41) is 0.472. The van der Waals surface area contributed by atoms with Crippen LogP contribution in [0, 0.1) is 6.92 Å². The monoisotopic (exact) mass is 525 g/mol. The van der Waals surface area contributed by atoms with Crippen LogP contribution in [0.2, 0.25) is 0 Å². The zero-order valence-electron chi connectivity index (χ0n) is 20.4. The lowest BCUT2D eigenvalue weighted by atomic mass is 10.1. The van der Waals surface area contributed by atoms with E-state index in [9.17, 15) is 22.8 Å². The van der Waals surface area contributed by atoms with Gasteiger partial charge in [0.2, 0.25) is 15.2 Å². The van der Waals surface area contributed by atoms with Crippen molar-refractivity contribution < 1.29 is 32.0 Å². The van der Waals surface area contributed by atoms with Crippen LogP contribution in [0.5, 0.6) is 5.75 Å². The molecule has 2 heterocycles. The van der Waals surface area contributed by atoms with Gasteiger partial charge in [-0.2, -0.15) is 0 Å². The van der Waals surface area contributed by atoms with Crippen LogP contribution in [-0.2, 0) is 14.6 Å². The number of methoxy groups -OCH3 is 1. The molecule has 1 aromatic heterocycles. The van der Waals surface area contributed by atoms with Crippen molar-refractivity contribution in [1.82, 2.24) is 15.1 Å². The van der Waals surface area contributed by atoms with Crippen LogP contribution in [0.3, 0.4) is 0 Å². The molecular formula is C26H27N3O7S. The second-order valence-corrected chi connectivity index (χ2v) is 10.6. The maximum absolute atomic E-state index is 13.5. The quantitative estimate of drug-likeness (QED) is 0.501. The molecule has 1 fully saturated rings. The molecule has 1 unspecified atom stereocenters. The summed E-state index contributed by atoms with van der Waals surface area (Å²) in [5.41, 5.74) is 1.32. The Balaban J connectivity index is 1.51. The van der Waals surface area contributed by atoms with Crippen molar-refractivity contribution in [3.05, 3.63) is 83.8 Å². The zero-order chi connectivity index (χ0) is 26.6. The Hall–Kier alpha value is -4.12. The maximum Gasteiger partial charge on any atom is 0.288 e. The van der Waals surface area contributed by atoms with Gasteiger partial charge in [0.1, 0.15) is 5.75 Å². The number of hydrogen-bond acceptors (Lipinski definition) is 7. The molecule has 0 spiro atoms. The summed E-state index contributed by atoms with van der Waals surface area (Å²) < 4.78 is 37.1. The molecule has 2 aromatic carbocycles. The second-order valence-electron chi connectivity index (χ2n) is 8.53. The first kappa shape index (κ1) is 26.0. The average Bonchev–Trinajstić information content (AvgIpc) is 3.46. The SMILES string of the molecule is COc1ccc(C(=O)N2CCN(C(=O)C(NC(=O)c3ccco3)S(=O)(=O)c3ccc(C)cc3)CC2)cc1. The van der Waals surface area contributed by atoms with Crippen LogP contribution in [0.1, 0.15) is 26.5 Å². The summed E-state index contributed by atoms with van der Waals surface area (Å²) in [5.74, 6) is -1.30. The Bertz CT molecular complexity index is 1360. The summed E-state index contributed by atoms with van der Waals surface area (Å²) in [4.78, 5) is 41.9. The van der Waals surface area contributed by atoms with E-state index in [0.29, 0.717) is 11.3 Å². The molecule has 4 rings (SSSR count). The van der Waals surface area contributed by atoms with Gasteiger partial charge in [0, 0.05) is 31.7 Å². The highest BCUT2D eigenvalue weighted by atomic mass is 32.2. The third-order valence-electron chi connectivity index (χ3n) is 6.11. The molecule has 1 atom stereocenters. The molecule has 3 aromatic rings. The average molecular weight is 526 g/mol. The van der Waals surface area contributed by atoms with E-state index in [1.165, 1.54) is 42.5 Å². The molecule has 10 nitrogen and oxygen atoms in total. The van der Waals surface area contributed by atoms with Gasteiger partial charge < -0.3 is 24.3 Å². The predicted molar refractivity (Wildman–Crippen MR) is 134 cm³/mol. The maximum atomic E-state index is 13.5. The van der Waals surface area contributed by atoms with Crippen molar-refractivity contribution in [3.63, 3.8) is 0 Å². The fraction of sp³-hybridized carbons (Fsp3) is 0.269. The van der Waals surface area contributed by atoms with Crippen LogP contribution in [0.25, 0.3) is 0 Å². The molecule has 1 saturated heterocycles. The fourth-order valence-corrected chi connectivity index (χ4v) is 5.41. The highest BCUT2D eigenvalue weighted by Gasteiger charge is 2.40. The topological polar surface area (TPSA) is 126 Å². The van der Waals surface area contributed by atoms with Gasteiger partial charge in [-0.05, 0) is 55.5 Å². The van der Waals surface area contributed by atoms with Crippen molar-refractivity contribution >= 4 is 27.6 Å². The Morgan fingerprint density at radius 1 is 0.919 bits per heavy atom. The van der Waals surface area contributed by atoms with Gasteiger partial charge in [0.05, 0.1) is 18.3 Å². The van der Waals surface area contributed by atoms with E-state index in [1.54, 1.807) is 41.3 Å². The number of amides is 3. The summed E-state index contributed by atoms with van der Waals surface area (Å²) in [6.45, 7) is 2.44. The number of sulfone groups is 1. The number of furan rings is 1. The number of piperazine rings is 1. The van der Waals surface area contributed by atoms with E-state index in [1.807, 2.05) is 6.92 Å². The summed E-state index contributed by atoms with van der Waals surface area (Å²) in [6, 6.07) is 15.6. The molecule has 3 amide bonds. The number of carbonyl (C=O) groups is 3. The van der Waals surface area contributed by atoms with Gasteiger partial charge in [0.25, 0.3) is 17.7 Å². The zero-order valence-corrected chi connectivity index (χ0v) is 21.2. The number of rotatable bonds is 7. The molecule has 0 radical (unpaired) electrons. The van der Waals surface area contributed by atoms with Gasteiger partial charge in [-0.1, -0.05) is 17.7 Å². The number of ether oxygens (including phenoxy) is 1. The number of nitrogens with zero attached hydrogens (tertiary/aromatic N) is 2. The minimum absolute atomic E-state index is 0.0930. The van der Waals surface area contributed by atoms with E-state index in [0.717, 1.165) is 5.56 Å². The fourth-order valence-electron chi connectivity index (χ4n) is 3.95. The molecular weight excluding hydrogens is 498 g/mol. The first-order valence-electron chi connectivity index (χ1n) is 11.6. The molecule has 37 heavy (non-hydrogen) atoms. The van der Waals surface area contributed by atoms with Gasteiger partial charge in [-0.25, -0.2) is 8.42 Å². The smallest absolute Gasteiger partial charge is 0.288 e. The van der Waals surface area contributed by atoms with Gasteiger partial charge >= 0.3 is 0 Å². The van der Waals surface area contributed by atoms with Crippen molar-refractivity contribution in [2.45, 2.75) is 17.2 Å². The predicted octanol–water partition coefficient (Wildman–Crippen LogP) is 2.11. The van der Waals surface area contributed by atoms with E-state index in [-0.39, 0.29) is 42.7 Å². The number of hydrogen-bond donors (Lipinski definition) is 1. The van der Waals surface area contributed by atoms with Gasteiger partial charge in [-0.15, -0.1) is 0 Å². The molecule has 0 aliphatic carbocycles. The number of nitrogens with one attached hydrogen (secondary N) is 1. The van der Waals surface area contributed by atoms with Gasteiger partial charge in [0.15, 0.2) is 5.76 Å². The molecule has 1 aliphatic rings. The molecule has 0 saturated carbocycles. The van der Waals surface area contributed by atoms with Crippen LogP contribution in [0.15, 0.2) is 76.2 Å². The number of carbonyl (C=O) groups excluding carboxylic acids is 3. The van der Waals surface area contributed by atoms with Crippen LogP contribution >= 0.6 is 0 Å². The number of aryl methyl sites for hydroxylation is 1. The van der Waals surface area contributed by atoms with Crippen LogP contribution in [0.4, 0.5) is 0 Å². The van der Waals surface area contributed by atoms with Crippen molar-refractivity contribution in [2.24, 2.45) is 0 Å². The molecule has 0 bridgehead atoms. The third-order valence-corrected chi connectivity index (χ3v) is 7.98. The lowest BCUT2D eigenvalue weighted by Crippen LogP contribution is -2.57.